The highest BCUT2D eigenvalue weighted by Gasteiger charge is 2.33. The number of carbonyl (C=O) groups is 11. The lowest BCUT2D eigenvalue weighted by molar-refractivity contribution is -0.158. The van der Waals surface area contributed by atoms with E-state index in [4.69, 9.17) is 38.6 Å². The minimum absolute atomic E-state index is 0.000325. The molecule has 9 aromatic rings. The summed E-state index contributed by atoms with van der Waals surface area (Å²) < 4.78 is 30.3. The minimum atomic E-state index is -0.956. The number of alkyl carbamates (subject to hydrolysis) is 1. The van der Waals surface area contributed by atoms with E-state index in [1.54, 1.807) is 71.9 Å². The fourth-order valence-electron chi connectivity index (χ4n) is 11.5. The Balaban J connectivity index is 0.000000394. The lowest BCUT2D eigenvalue weighted by Crippen LogP contribution is -2.39. The molecule has 25 heteroatoms. The molecule has 3 heterocycles. The molecule has 726 valence electrons. The molecule has 0 aliphatic carbocycles. The summed E-state index contributed by atoms with van der Waals surface area (Å²) in [4.78, 5) is 136. The van der Waals surface area contributed by atoms with Gasteiger partial charge in [0.15, 0.2) is 5.78 Å². The Hall–Kier alpha value is -12.1. The van der Waals surface area contributed by atoms with Gasteiger partial charge in [0.2, 0.25) is 0 Å². The number of Topliss-reactive ketones (excluding diaryl/α,β-unsaturated/α-hetero) is 1. The van der Waals surface area contributed by atoms with E-state index in [0.717, 1.165) is 44.5 Å². The van der Waals surface area contributed by atoms with Crippen molar-refractivity contribution in [1.82, 2.24) is 15.2 Å². The van der Waals surface area contributed by atoms with Crippen LogP contribution < -0.4 is 10.2 Å². The van der Waals surface area contributed by atoms with Crippen molar-refractivity contribution in [3.8, 4) is 0 Å². The molecule has 3 N–H and O–H groups in total. The number of para-hydroxylation sites is 3. The van der Waals surface area contributed by atoms with E-state index in [9.17, 15) is 52.7 Å². The lowest BCUT2D eigenvalue weighted by atomic mass is 9.91. The Morgan fingerprint density at radius 3 is 1.20 bits per heavy atom. The molecule has 2 aliphatic heterocycles. The number of nitrogens with zero attached hydrogens (tertiary/aromatic N) is 3. The number of rotatable bonds is 33. The first kappa shape index (κ1) is 116. The summed E-state index contributed by atoms with van der Waals surface area (Å²) in [5.41, 5.74) is 8.37. The Morgan fingerprint density at radius 1 is 0.433 bits per heavy atom. The summed E-state index contributed by atoms with van der Waals surface area (Å²) in [7, 11) is 0. The van der Waals surface area contributed by atoms with Crippen molar-refractivity contribution in [3.05, 3.63) is 257 Å². The van der Waals surface area contributed by atoms with E-state index in [1.165, 1.54) is 62.5 Å². The van der Waals surface area contributed by atoms with Gasteiger partial charge >= 0.3 is 47.9 Å². The number of hydrogen-bond donors (Lipinski definition) is 3. The third kappa shape index (κ3) is 39.2. The molecule has 11 rings (SSSR count). The molecule has 0 bridgehead atoms. The number of esters is 5. The van der Waals surface area contributed by atoms with Gasteiger partial charge in [-0.05, 0) is 216 Å². The summed E-state index contributed by atoms with van der Waals surface area (Å²) in [6.07, 6.45) is 5.87. The van der Waals surface area contributed by atoms with E-state index in [-0.39, 0.29) is 88.1 Å². The van der Waals surface area contributed by atoms with Crippen molar-refractivity contribution in [3.63, 3.8) is 0 Å². The number of carboxylic acid groups (broad SMARTS) is 2. The topological polar surface area (TPSA) is 315 Å². The smallest absolute Gasteiger partial charge is 0.407 e. The maximum atomic E-state index is 12.4. The molecule has 23 nitrogen and oxygen atoms in total. The predicted molar refractivity (Wildman–Crippen MR) is 538 cm³/mol. The summed E-state index contributed by atoms with van der Waals surface area (Å²) >= 11 is 3.46. The number of carbonyl (C=O) groups excluding carboxylic acids is 9. The SMILES string of the molecule is C=C(C)C(=O)OCCNC(=O)OCCOC(=O)C(C)(C)CC.C=C(C)C(=O)OCCOC(=O)C(C)(C)CC.CCC(C)(C)C(=O)O.CCC(C)(C)C(=O)OCCC(=O)O.CCC(C)c1ccc(C(=O)Cc2nc3ccccc3s2)cc1.CCC(C)c1ccccc1.CCC(C)c1ccccc1.CCN1C(=O)c2cccc3cccc(c23)C1=O.CCN1c2ccccc2Sc2ccccc21. The van der Waals surface area contributed by atoms with Crippen LogP contribution >= 0.6 is 23.1 Å². The summed E-state index contributed by atoms with van der Waals surface area (Å²) in [6, 6.07) is 65.6. The number of thiazole rings is 1. The minimum Gasteiger partial charge on any atom is -0.481 e. The van der Waals surface area contributed by atoms with Crippen molar-refractivity contribution >= 4 is 121 Å². The van der Waals surface area contributed by atoms with Gasteiger partial charge in [-0.25, -0.2) is 19.4 Å². The number of hydrogen-bond acceptors (Lipinski definition) is 21. The second kappa shape index (κ2) is 59.5. The first-order valence-corrected chi connectivity index (χ1v) is 47.7. The normalized spacial score (nSPS) is 12.2. The number of benzene rings is 8. The van der Waals surface area contributed by atoms with E-state index in [2.05, 4.69) is 198 Å². The molecule has 3 amide bonds. The molecule has 3 atom stereocenters. The lowest BCUT2D eigenvalue weighted by Gasteiger charge is -2.31. The van der Waals surface area contributed by atoms with E-state index in [1.807, 2.05) is 121 Å². The van der Waals surface area contributed by atoms with E-state index < -0.39 is 51.6 Å². The molecule has 2 aliphatic rings. The highest BCUT2D eigenvalue weighted by atomic mass is 32.2. The molecule has 0 saturated carbocycles. The van der Waals surface area contributed by atoms with Gasteiger partial charge in [0.1, 0.15) is 44.6 Å². The van der Waals surface area contributed by atoms with Crippen LogP contribution in [0.4, 0.5) is 16.2 Å². The molecular formula is C109H144N4O19S2. The van der Waals surface area contributed by atoms with Crippen LogP contribution in [0.15, 0.2) is 228 Å². The number of ether oxygens (including phenoxy) is 6. The Kier molecular flexibility index (Phi) is 51.6. The van der Waals surface area contributed by atoms with Crippen LogP contribution in [0, 0.1) is 21.7 Å². The Labute approximate surface area is 803 Å². The largest absolute Gasteiger partial charge is 0.481 e. The number of ketones is 1. The highest BCUT2D eigenvalue weighted by Crippen LogP contribution is 2.48. The molecule has 0 fully saturated rings. The maximum absolute atomic E-state index is 12.4. The van der Waals surface area contributed by atoms with Gasteiger partial charge in [-0.15, -0.1) is 11.3 Å². The average molecular weight is 1880 g/mol. The molecule has 0 radical (unpaired) electrons. The standard InChI is InChI=1S/C19H19NOS.C15H25NO6.C14H11NO2.C14H13NS.C12H20O4.2C10H14.C9H16O4.C6H12O2/c1-3-13(2)14-8-10-15(11-9-14)17(21)12-19-20-16-6-4-5-7-18(16)22-19;1-6-15(4,5)13(18)21-9-10-22-14(19)16-7-8-20-12(17)11(2)3;1-2-15-13(16)10-7-3-5-9-6-4-8-11(12(9)10)14(15)17;1-2-15-11-7-3-5-9-13(11)16-14-10-6-4-8-12(14)15;1-6-12(4,5)11(14)16-8-7-15-10(13)9(2)3;2*1-3-9(2)10-7-5-4-6-8-10;1-4-9(2,3)8(12)13-6-5-7(10)11;1-4-6(2,3)5(7)8/h4-11,13H,3,12H2,1-2H3;2,6-10H2,1,3-5H3,(H,16,19);3-8H,2H2,1H3;3-10H,2H2,1H3;2,6-8H2,1,3-5H3;2*4-9H,3H2,1-2H3;4-6H2,1-3H3,(H,10,11);4H2,1-3H3,(H,7,8). The summed E-state index contributed by atoms with van der Waals surface area (Å²) in [6.45, 7) is 50.7. The quantitative estimate of drug-likeness (QED) is 0.00859. The third-order valence-corrected chi connectivity index (χ3v) is 24.9. The van der Waals surface area contributed by atoms with Gasteiger partial charge in [0.25, 0.3) is 11.8 Å². The molecular weight excluding hydrogens is 1730 g/mol. The number of nitrogens with one attached hydrogen (secondary N) is 1. The number of imide groups is 1. The van der Waals surface area contributed by atoms with Gasteiger partial charge in [-0.3, -0.25) is 43.3 Å². The van der Waals surface area contributed by atoms with Crippen LogP contribution in [0.1, 0.15) is 274 Å². The fourth-order valence-corrected chi connectivity index (χ4v) is 13.6. The molecule has 0 spiro atoms. The average Bonchev–Trinajstić information content (AvgIpc) is 0.881. The first-order chi connectivity index (χ1) is 63.4. The molecule has 134 heavy (non-hydrogen) atoms. The van der Waals surface area contributed by atoms with Crippen LogP contribution in [-0.4, -0.2) is 145 Å². The third-order valence-electron chi connectivity index (χ3n) is 22.8. The van der Waals surface area contributed by atoms with E-state index in [0.29, 0.717) is 78.7 Å². The van der Waals surface area contributed by atoms with Crippen LogP contribution in [0.3, 0.4) is 0 Å². The number of anilines is 2. The Bertz CT molecular complexity index is 5080. The fraction of sp³-hybridized carbons (Fsp3) is 0.431. The van der Waals surface area contributed by atoms with Crippen LogP contribution in [-0.2, 0) is 68.4 Å². The van der Waals surface area contributed by atoms with Gasteiger partial charge in [-0.2, -0.15) is 0 Å². The molecule has 8 aromatic carbocycles. The predicted octanol–water partition coefficient (Wildman–Crippen LogP) is 25.2. The second-order valence-corrected chi connectivity index (χ2v) is 36.8. The zero-order valence-corrected chi connectivity index (χ0v) is 84.5. The zero-order chi connectivity index (χ0) is 100. The van der Waals surface area contributed by atoms with Gasteiger partial charge in [0.05, 0.1) is 62.6 Å². The van der Waals surface area contributed by atoms with Crippen molar-refractivity contribution in [2.24, 2.45) is 21.7 Å². The zero-order valence-electron chi connectivity index (χ0n) is 82.8. The molecule has 1 aromatic heterocycles. The highest BCUT2D eigenvalue weighted by molar-refractivity contribution is 7.99. The van der Waals surface area contributed by atoms with Crippen molar-refractivity contribution < 1.29 is 91.4 Å². The van der Waals surface area contributed by atoms with Gasteiger partial charge < -0.3 is 48.9 Å². The van der Waals surface area contributed by atoms with E-state index >= 15 is 0 Å². The summed E-state index contributed by atoms with van der Waals surface area (Å²) in [5, 5.41) is 21.7. The van der Waals surface area contributed by atoms with Crippen molar-refractivity contribution in [2.45, 2.75) is 238 Å². The monoisotopic (exact) mass is 1880 g/mol. The first-order valence-electron chi connectivity index (χ1n) is 46.0. The number of fused-ring (bicyclic) bond motifs is 3. The van der Waals surface area contributed by atoms with Gasteiger partial charge in [0, 0.05) is 56.1 Å². The van der Waals surface area contributed by atoms with Gasteiger partial charge in [-0.1, -0.05) is 240 Å². The second-order valence-electron chi connectivity index (χ2n) is 34.6. The maximum Gasteiger partial charge on any atom is 0.407 e. The number of aliphatic carboxylic acids is 2. The number of amides is 3. The van der Waals surface area contributed by atoms with Crippen LogP contribution in [0.25, 0.3) is 21.0 Å². The number of carboxylic acids is 2. The van der Waals surface area contributed by atoms with Crippen molar-refractivity contribution in [2.75, 3.05) is 64.2 Å². The molecule has 3 unspecified atom stereocenters. The van der Waals surface area contributed by atoms with Crippen molar-refractivity contribution in [1.29, 1.82) is 0 Å². The molecule has 0 saturated heterocycles. The summed E-state index contributed by atoms with van der Waals surface area (Å²) in [5.74, 6) is -1.90. The van der Waals surface area contributed by atoms with Crippen LogP contribution in [0.2, 0.25) is 0 Å². The Morgan fingerprint density at radius 2 is 0.813 bits per heavy atom. The van der Waals surface area contributed by atoms with Crippen LogP contribution in [0.5, 0.6) is 0 Å². The number of aromatic nitrogens is 1.